The number of rotatable bonds is 4. The highest BCUT2D eigenvalue weighted by Crippen LogP contribution is 2.11. The van der Waals surface area contributed by atoms with Crippen molar-refractivity contribution < 1.29 is 8.42 Å². The first kappa shape index (κ1) is 13.3. The summed E-state index contributed by atoms with van der Waals surface area (Å²) in [5.41, 5.74) is 0. The van der Waals surface area contributed by atoms with Gasteiger partial charge in [0.05, 0.1) is 5.75 Å². The molecule has 1 aliphatic rings. The van der Waals surface area contributed by atoms with Gasteiger partial charge in [0.25, 0.3) is 0 Å². The molecule has 3 nitrogen and oxygen atoms in total. The van der Waals surface area contributed by atoms with Crippen LogP contribution in [0.4, 0.5) is 0 Å². The highest BCUT2D eigenvalue weighted by Gasteiger charge is 2.10. The number of halogens is 1. The molecule has 0 N–H and O–H groups in total. The summed E-state index contributed by atoms with van der Waals surface area (Å²) in [6.45, 7) is 3.09. The molecule has 90 valence electrons. The molecule has 0 atom stereocenters. The van der Waals surface area contributed by atoms with Gasteiger partial charge in [0.2, 0.25) is 9.05 Å². The lowest BCUT2D eigenvalue weighted by Crippen LogP contribution is -2.29. The molecule has 15 heavy (non-hydrogen) atoms. The molecule has 1 fully saturated rings. The van der Waals surface area contributed by atoms with Crippen molar-refractivity contribution in [2.24, 2.45) is 0 Å². The average molecular weight is 254 g/mol. The summed E-state index contributed by atoms with van der Waals surface area (Å²) in [6.07, 6.45) is 7.12. The molecule has 0 radical (unpaired) electrons. The highest BCUT2D eigenvalue weighted by molar-refractivity contribution is 8.13. The van der Waals surface area contributed by atoms with Gasteiger partial charge < -0.3 is 4.90 Å². The van der Waals surface area contributed by atoms with Gasteiger partial charge in [-0.3, -0.25) is 0 Å². The van der Waals surface area contributed by atoms with Gasteiger partial charge in [0, 0.05) is 10.7 Å². The molecule has 0 aromatic rings. The maximum absolute atomic E-state index is 10.7. The topological polar surface area (TPSA) is 37.4 Å². The van der Waals surface area contributed by atoms with Crippen LogP contribution in [0.25, 0.3) is 0 Å². The fourth-order valence-corrected chi connectivity index (χ4v) is 2.80. The molecule has 1 aliphatic heterocycles. The Morgan fingerprint density at radius 2 is 1.53 bits per heavy atom. The monoisotopic (exact) mass is 253 g/mol. The smallest absolute Gasteiger partial charge is 0.232 e. The molecule has 1 saturated heterocycles. The third kappa shape index (κ3) is 7.14. The van der Waals surface area contributed by atoms with E-state index in [4.69, 9.17) is 10.7 Å². The van der Waals surface area contributed by atoms with Crippen molar-refractivity contribution in [1.29, 1.82) is 0 Å². The molecule has 0 aromatic heterocycles. The van der Waals surface area contributed by atoms with Crippen LogP contribution in [-0.2, 0) is 9.05 Å². The largest absolute Gasteiger partial charge is 0.303 e. The third-order valence-electron chi connectivity index (χ3n) is 2.81. The summed E-state index contributed by atoms with van der Waals surface area (Å²) in [4.78, 5) is 2.36. The Balaban J connectivity index is 2.18. The molecule has 1 heterocycles. The first-order valence-electron chi connectivity index (χ1n) is 5.72. The zero-order valence-corrected chi connectivity index (χ0v) is 10.7. The molecular formula is C10H20ClNO2S. The van der Waals surface area contributed by atoms with Crippen molar-refractivity contribution in [2.75, 3.05) is 25.4 Å². The van der Waals surface area contributed by atoms with Gasteiger partial charge >= 0.3 is 0 Å². The van der Waals surface area contributed by atoms with Crippen LogP contribution in [0.5, 0.6) is 0 Å². The maximum Gasteiger partial charge on any atom is 0.232 e. The molecule has 0 aliphatic carbocycles. The van der Waals surface area contributed by atoms with E-state index >= 15 is 0 Å². The average Bonchev–Trinajstić information content (AvgIpc) is 2.06. The number of nitrogens with zero attached hydrogens (tertiary/aromatic N) is 1. The van der Waals surface area contributed by atoms with Crippen molar-refractivity contribution in [1.82, 2.24) is 4.90 Å². The van der Waals surface area contributed by atoms with E-state index in [1.54, 1.807) is 0 Å². The first-order chi connectivity index (χ1) is 7.08. The second-order valence-electron chi connectivity index (χ2n) is 4.21. The zero-order valence-electron chi connectivity index (χ0n) is 9.12. The SMILES string of the molecule is O=S(=O)(Cl)CCCN1CCCCCCC1. The van der Waals surface area contributed by atoms with Crippen molar-refractivity contribution in [3.63, 3.8) is 0 Å². The standard InChI is InChI=1S/C10H20ClNO2S/c11-15(13,14)10-6-9-12-7-4-2-1-3-5-8-12/h1-10H2. The minimum atomic E-state index is -3.30. The van der Waals surface area contributed by atoms with Crippen LogP contribution in [-0.4, -0.2) is 38.7 Å². The van der Waals surface area contributed by atoms with E-state index in [2.05, 4.69) is 4.90 Å². The number of hydrogen-bond acceptors (Lipinski definition) is 3. The van der Waals surface area contributed by atoms with Gasteiger partial charge in [0.15, 0.2) is 0 Å². The number of hydrogen-bond donors (Lipinski definition) is 0. The van der Waals surface area contributed by atoms with Gasteiger partial charge in [-0.15, -0.1) is 0 Å². The van der Waals surface area contributed by atoms with E-state index in [1.165, 1.54) is 32.1 Å². The second kappa shape index (κ2) is 6.71. The van der Waals surface area contributed by atoms with Gasteiger partial charge in [-0.05, 0) is 38.9 Å². The van der Waals surface area contributed by atoms with Crippen molar-refractivity contribution in [2.45, 2.75) is 38.5 Å². The molecule has 5 heteroatoms. The van der Waals surface area contributed by atoms with Crippen LogP contribution in [0.2, 0.25) is 0 Å². The predicted molar refractivity (Wildman–Crippen MR) is 63.8 cm³/mol. The normalized spacial score (nSPS) is 20.9. The fraction of sp³-hybridized carbons (Fsp3) is 1.00. The Kier molecular flexibility index (Phi) is 5.94. The molecule has 0 bridgehead atoms. The predicted octanol–water partition coefficient (Wildman–Crippen LogP) is 2.21. The summed E-state index contributed by atoms with van der Waals surface area (Å²) in [7, 11) is 1.87. The van der Waals surface area contributed by atoms with E-state index in [-0.39, 0.29) is 5.75 Å². The molecule has 0 amide bonds. The van der Waals surface area contributed by atoms with Crippen LogP contribution in [0.15, 0.2) is 0 Å². The highest BCUT2D eigenvalue weighted by atomic mass is 35.7. The summed E-state index contributed by atoms with van der Waals surface area (Å²) >= 11 is 0. The lowest BCUT2D eigenvalue weighted by Gasteiger charge is -2.24. The Labute approximate surface area is 97.2 Å². The summed E-state index contributed by atoms with van der Waals surface area (Å²) < 4.78 is 21.5. The molecule has 0 unspecified atom stereocenters. The van der Waals surface area contributed by atoms with E-state index in [1.807, 2.05) is 0 Å². The molecule has 1 rings (SSSR count). The molecular weight excluding hydrogens is 234 g/mol. The Morgan fingerprint density at radius 1 is 1.00 bits per heavy atom. The van der Waals surface area contributed by atoms with Crippen LogP contribution >= 0.6 is 10.7 Å². The van der Waals surface area contributed by atoms with Crippen molar-refractivity contribution in [3.8, 4) is 0 Å². The van der Waals surface area contributed by atoms with Crippen LogP contribution in [0.3, 0.4) is 0 Å². The van der Waals surface area contributed by atoms with Gasteiger partial charge in [-0.2, -0.15) is 0 Å². The minimum Gasteiger partial charge on any atom is -0.303 e. The van der Waals surface area contributed by atoms with Crippen LogP contribution < -0.4 is 0 Å². The van der Waals surface area contributed by atoms with Crippen molar-refractivity contribution >= 4 is 19.7 Å². The molecule has 0 spiro atoms. The van der Waals surface area contributed by atoms with E-state index in [0.29, 0.717) is 6.42 Å². The van der Waals surface area contributed by atoms with E-state index in [0.717, 1.165) is 19.6 Å². The molecule has 0 aromatic carbocycles. The zero-order chi connectivity index (χ0) is 11.1. The van der Waals surface area contributed by atoms with Crippen LogP contribution in [0, 0.1) is 0 Å². The molecule has 0 saturated carbocycles. The van der Waals surface area contributed by atoms with E-state index < -0.39 is 9.05 Å². The lowest BCUT2D eigenvalue weighted by atomic mass is 10.1. The quantitative estimate of drug-likeness (QED) is 0.721. The van der Waals surface area contributed by atoms with E-state index in [9.17, 15) is 8.42 Å². The summed E-state index contributed by atoms with van der Waals surface area (Å²) in [5.74, 6) is 0.102. The maximum atomic E-state index is 10.7. The summed E-state index contributed by atoms with van der Waals surface area (Å²) in [5, 5.41) is 0. The Bertz CT molecular complexity index is 259. The third-order valence-corrected chi connectivity index (χ3v) is 4.05. The minimum absolute atomic E-state index is 0.102. The Morgan fingerprint density at radius 3 is 2.07 bits per heavy atom. The lowest BCUT2D eigenvalue weighted by molar-refractivity contribution is 0.248. The van der Waals surface area contributed by atoms with Crippen LogP contribution in [0.1, 0.15) is 38.5 Å². The fourth-order valence-electron chi connectivity index (χ4n) is 2.00. The first-order valence-corrected chi connectivity index (χ1v) is 8.20. The Hall–Kier alpha value is 0.200. The van der Waals surface area contributed by atoms with Crippen molar-refractivity contribution in [3.05, 3.63) is 0 Å². The van der Waals surface area contributed by atoms with Gasteiger partial charge in [-0.25, -0.2) is 8.42 Å². The van der Waals surface area contributed by atoms with Gasteiger partial charge in [-0.1, -0.05) is 19.3 Å². The van der Waals surface area contributed by atoms with Gasteiger partial charge in [0.1, 0.15) is 0 Å². The second-order valence-corrected chi connectivity index (χ2v) is 7.10. The number of likely N-dealkylation sites (tertiary alicyclic amines) is 1. The summed E-state index contributed by atoms with van der Waals surface area (Å²) in [6, 6.07) is 0.